The topological polar surface area (TPSA) is 74.2 Å². The van der Waals surface area contributed by atoms with Crippen LogP contribution in [0.3, 0.4) is 0 Å². The van der Waals surface area contributed by atoms with E-state index in [2.05, 4.69) is 0 Å². The van der Waals surface area contributed by atoms with Crippen molar-refractivity contribution in [3.8, 4) is 0 Å². The standard InChI is InChI=1S/C9H14O6/c1-9(2)14-4-5(7(10)11)13-8(12-3)6(4)15-9/h4-6,8H,1-3H3,(H,10,11)/t4-,5+,6-,8?/m1/s1. The van der Waals surface area contributed by atoms with Gasteiger partial charge >= 0.3 is 5.97 Å². The molecule has 6 nitrogen and oxygen atoms in total. The minimum absolute atomic E-state index is 0.480. The molecule has 2 heterocycles. The van der Waals surface area contributed by atoms with Crippen LogP contribution in [0.25, 0.3) is 0 Å². The van der Waals surface area contributed by atoms with Gasteiger partial charge in [0.2, 0.25) is 0 Å². The molecule has 0 saturated carbocycles. The van der Waals surface area contributed by atoms with Gasteiger partial charge in [0.1, 0.15) is 12.2 Å². The maximum absolute atomic E-state index is 10.9. The Labute approximate surface area is 87.1 Å². The van der Waals surface area contributed by atoms with Crippen molar-refractivity contribution < 1.29 is 28.8 Å². The highest BCUT2D eigenvalue weighted by atomic mass is 16.8. The number of carbonyl (C=O) groups is 1. The van der Waals surface area contributed by atoms with Gasteiger partial charge in [0.25, 0.3) is 0 Å². The lowest BCUT2D eigenvalue weighted by Gasteiger charge is -2.22. The number of methoxy groups -OCH3 is 1. The minimum Gasteiger partial charge on any atom is -0.479 e. The predicted molar refractivity (Wildman–Crippen MR) is 47.1 cm³/mol. The van der Waals surface area contributed by atoms with Crippen LogP contribution in [0.15, 0.2) is 0 Å². The van der Waals surface area contributed by atoms with Gasteiger partial charge in [0.05, 0.1) is 0 Å². The third-order valence-corrected chi connectivity index (χ3v) is 2.49. The lowest BCUT2D eigenvalue weighted by molar-refractivity contribution is -0.229. The number of hydrogen-bond donors (Lipinski definition) is 1. The van der Waals surface area contributed by atoms with Gasteiger partial charge in [0.15, 0.2) is 18.2 Å². The molecule has 0 spiro atoms. The zero-order valence-electron chi connectivity index (χ0n) is 8.80. The zero-order valence-corrected chi connectivity index (χ0v) is 8.80. The lowest BCUT2D eigenvalue weighted by atomic mass is 10.1. The van der Waals surface area contributed by atoms with Gasteiger partial charge < -0.3 is 24.1 Å². The smallest absolute Gasteiger partial charge is 0.335 e. The molecule has 1 N–H and O–H groups in total. The molecule has 0 aliphatic carbocycles. The Hall–Kier alpha value is -0.690. The number of fused-ring (bicyclic) bond motifs is 1. The van der Waals surface area contributed by atoms with E-state index in [0.717, 1.165) is 0 Å². The summed E-state index contributed by atoms with van der Waals surface area (Å²) in [4.78, 5) is 10.9. The van der Waals surface area contributed by atoms with Crippen LogP contribution in [-0.2, 0) is 23.7 Å². The SMILES string of the molecule is COC1O[C@H](C(=O)O)[C@H]2OC(C)(C)O[C@@H]12. The van der Waals surface area contributed by atoms with E-state index in [1.54, 1.807) is 13.8 Å². The van der Waals surface area contributed by atoms with Gasteiger partial charge in [-0.25, -0.2) is 4.79 Å². The molecule has 2 aliphatic rings. The van der Waals surface area contributed by atoms with Crippen LogP contribution < -0.4 is 0 Å². The molecule has 0 radical (unpaired) electrons. The first-order chi connectivity index (χ1) is 6.94. The zero-order chi connectivity index (χ0) is 11.2. The number of rotatable bonds is 2. The minimum atomic E-state index is -1.06. The molecule has 86 valence electrons. The van der Waals surface area contributed by atoms with Crippen molar-refractivity contribution in [1.29, 1.82) is 0 Å². The lowest BCUT2D eigenvalue weighted by Crippen LogP contribution is -2.35. The van der Waals surface area contributed by atoms with Gasteiger partial charge in [-0.2, -0.15) is 0 Å². The van der Waals surface area contributed by atoms with E-state index in [9.17, 15) is 4.79 Å². The summed E-state index contributed by atoms with van der Waals surface area (Å²) in [5.41, 5.74) is 0. The van der Waals surface area contributed by atoms with Crippen LogP contribution in [0.4, 0.5) is 0 Å². The van der Waals surface area contributed by atoms with Crippen LogP contribution >= 0.6 is 0 Å². The van der Waals surface area contributed by atoms with E-state index in [4.69, 9.17) is 24.1 Å². The quantitative estimate of drug-likeness (QED) is 0.701. The molecule has 2 fully saturated rings. The van der Waals surface area contributed by atoms with Gasteiger partial charge in [-0.05, 0) is 13.8 Å². The number of hydrogen-bond acceptors (Lipinski definition) is 5. The number of ether oxygens (including phenoxy) is 4. The Morgan fingerprint density at radius 1 is 1.33 bits per heavy atom. The average Bonchev–Trinajstić information content (AvgIpc) is 2.57. The number of aliphatic carboxylic acids is 1. The Kier molecular flexibility index (Phi) is 2.46. The summed E-state index contributed by atoms with van der Waals surface area (Å²) in [7, 11) is 1.45. The maximum Gasteiger partial charge on any atom is 0.335 e. The number of carboxylic acids is 1. The average molecular weight is 218 g/mol. The van der Waals surface area contributed by atoms with Crippen LogP contribution in [0.2, 0.25) is 0 Å². The molecule has 0 bridgehead atoms. The van der Waals surface area contributed by atoms with Crippen molar-refractivity contribution in [2.24, 2.45) is 0 Å². The van der Waals surface area contributed by atoms with Crippen LogP contribution in [0.1, 0.15) is 13.8 Å². The molecule has 15 heavy (non-hydrogen) atoms. The Balaban J connectivity index is 2.19. The van der Waals surface area contributed by atoms with E-state index in [1.165, 1.54) is 7.11 Å². The van der Waals surface area contributed by atoms with Gasteiger partial charge in [-0.15, -0.1) is 0 Å². The Morgan fingerprint density at radius 2 is 1.93 bits per heavy atom. The van der Waals surface area contributed by atoms with Crippen molar-refractivity contribution in [2.45, 2.75) is 44.2 Å². The van der Waals surface area contributed by atoms with Crippen molar-refractivity contribution in [3.63, 3.8) is 0 Å². The summed E-state index contributed by atoms with van der Waals surface area (Å²) in [6.07, 6.45) is -2.80. The van der Waals surface area contributed by atoms with Crippen molar-refractivity contribution in [1.82, 2.24) is 0 Å². The van der Waals surface area contributed by atoms with E-state index < -0.39 is 36.4 Å². The first-order valence-electron chi connectivity index (χ1n) is 4.71. The van der Waals surface area contributed by atoms with E-state index in [1.807, 2.05) is 0 Å². The fourth-order valence-electron chi connectivity index (χ4n) is 1.95. The highest BCUT2D eigenvalue weighted by Crippen LogP contribution is 2.38. The summed E-state index contributed by atoms with van der Waals surface area (Å²) < 4.78 is 21.2. The molecule has 2 rings (SSSR count). The fourth-order valence-corrected chi connectivity index (χ4v) is 1.95. The van der Waals surface area contributed by atoms with E-state index in [-0.39, 0.29) is 0 Å². The molecule has 0 aromatic rings. The van der Waals surface area contributed by atoms with Gasteiger partial charge in [-0.3, -0.25) is 0 Å². The van der Waals surface area contributed by atoms with E-state index in [0.29, 0.717) is 0 Å². The van der Waals surface area contributed by atoms with Crippen LogP contribution in [-0.4, -0.2) is 48.6 Å². The molecule has 0 amide bonds. The third-order valence-electron chi connectivity index (χ3n) is 2.49. The van der Waals surface area contributed by atoms with Crippen LogP contribution in [0, 0.1) is 0 Å². The Bertz CT molecular complexity index is 276. The monoisotopic (exact) mass is 218 g/mol. The van der Waals surface area contributed by atoms with E-state index >= 15 is 0 Å². The van der Waals surface area contributed by atoms with Crippen molar-refractivity contribution in [2.75, 3.05) is 7.11 Å². The highest BCUT2D eigenvalue weighted by Gasteiger charge is 2.57. The van der Waals surface area contributed by atoms with Crippen molar-refractivity contribution >= 4 is 5.97 Å². The second kappa shape index (κ2) is 3.41. The molecule has 2 saturated heterocycles. The predicted octanol–water partition coefficient (Wildman–Crippen LogP) is -0.0376. The summed E-state index contributed by atoms with van der Waals surface area (Å²) in [6, 6.07) is 0. The largest absolute Gasteiger partial charge is 0.479 e. The van der Waals surface area contributed by atoms with Gasteiger partial charge in [-0.1, -0.05) is 0 Å². The first kappa shape index (κ1) is 10.8. The summed E-state index contributed by atoms with van der Waals surface area (Å²) in [5.74, 6) is -1.85. The molecule has 1 unspecified atom stereocenters. The third kappa shape index (κ3) is 1.74. The van der Waals surface area contributed by atoms with Crippen LogP contribution in [0.5, 0.6) is 0 Å². The molecule has 0 aromatic heterocycles. The normalized spacial score (nSPS) is 42.9. The molecule has 6 heteroatoms. The first-order valence-corrected chi connectivity index (χ1v) is 4.71. The molecule has 4 atom stereocenters. The summed E-state index contributed by atoms with van der Waals surface area (Å²) >= 11 is 0. The molecular formula is C9H14O6. The second-order valence-corrected chi connectivity index (χ2v) is 4.06. The second-order valence-electron chi connectivity index (χ2n) is 4.06. The summed E-state index contributed by atoms with van der Waals surface area (Å²) in [5, 5.41) is 8.93. The fraction of sp³-hybridized carbons (Fsp3) is 0.889. The Morgan fingerprint density at radius 3 is 2.47 bits per heavy atom. The number of carboxylic acid groups (broad SMARTS) is 1. The highest BCUT2D eigenvalue weighted by molar-refractivity contribution is 5.73. The maximum atomic E-state index is 10.9. The molecule has 2 aliphatic heterocycles. The molecular weight excluding hydrogens is 204 g/mol. The summed E-state index contributed by atoms with van der Waals surface area (Å²) in [6.45, 7) is 3.47. The van der Waals surface area contributed by atoms with Crippen molar-refractivity contribution in [3.05, 3.63) is 0 Å². The van der Waals surface area contributed by atoms with Gasteiger partial charge in [0, 0.05) is 7.11 Å². The molecule has 0 aromatic carbocycles.